The van der Waals surface area contributed by atoms with E-state index in [0.717, 1.165) is 29.9 Å². The number of carboxylic acid groups (broad SMARTS) is 1. The lowest BCUT2D eigenvalue weighted by Gasteiger charge is -2.36. The maximum atomic E-state index is 13.8. The number of alkyl halides is 3. The highest BCUT2D eigenvalue weighted by Gasteiger charge is 2.40. The van der Waals surface area contributed by atoms with Gasteiger partial charge >= 0.3 is 18.3 Å². The Kier molecular flexibility index (Phi) is 7.95. The summed E-state index contributed by atoms with van der Waals surface area (Å²) in [6.07, 6.45) is -3.39. The lowest BCUT2D eigenvalue weighted by atomic mass is 10.1. The fourth-order valence-electron chi connectivity index (χ4n) is 6.10. The number of amides is 3. The Labute approximate surface area is 273 Å². The van der Waals surface area contributed by atoms with Gasteiger partial charge in [-0.05, 0) is 48.4 Å². The first-order chi connectivity index (χ1) is 23.1. The molecule has 3 aromatic carbocycles. The molecule has 244 valence electrons. The van der Waals surface area contributed by atoms with Crippen LogP contribution < -0.4 is 15.1 Å². The number of carbonyl (C=O) groups is 2. The third kappa shape index (κ3) is 6.26. The first kappa shape index (κ1) is 30.8. The molecule has 0 spiro atoms. The van der Waals surface area contributed by atoms with Gasteiger partial charge in [-0.25, -0.2) is 19.6 Å². The summed E-state index contributed by atoms with van der Waals surface area (Å²) < 4.78 is 46.1. The Morgan fingerprint density at radius 1 is 0.958 bits per heavy atom. The number of anilines is 3. The molecular weight excluding hydrogens is 625 g/mol. The van der Waals surface area contributed by atoms with Gasteiger partial charge in [0, 0.05) is 36.4 Å². The number of aromatic nitrogens is 2. The first-order valence-corrected chi connectivity index (χ1v) is 15.2. The topological polar surface area (TPSA) is 115 Å². The molecule has 2 aliphatic rings. The molecule has 10 nitrogen and oxygen atoms in total. The lowest BCUT2D eigenvalue weighted by molar-refractivity contribution is -0.137. The average molecular weight is 655 g/mol. The van der Waals surface area contributed by atoms with Crippen molar-refractivity contribution >= 4 is 29.3 Å². The van der Waals surface area contributed by atoms with Gasteiger partial charge in [0.25, 0.3) is 0 Å². The average Bonchev–Trinajstić information content (AvgIpc) is 3.72. The van der Waals surface area contributed by atoms with Crippen LogP contribution in [0.4, 0.5) is 40.0 Å². The van der Waals surface area contributed by atoms with E-state index in [1.807, 2.05) is 30.3 Å². The number of nitrogens with zero attached hydrogens (tertiary/aromatic N) is 5. The summed E-state index contributed by atoms with van der Waals surface area (Å²) >= 11 is 0. The fourth-order valence-corrected chi connectivity index (χ4v) is 6.10. The van der Waals surface area contributed by atoms with Crippen molar-refractivity contribution in [2.75, 3.05) is 28.2 Å². The number of urea groups is 1. The molecular formula is C35H29F3N6O4. The van der Waals surface area contributed by atoms with Crippen LogP contribution in [0.3, 0.4) is 0 Å². The van der Waals surface area contributed by atoms with Crippen LogP contribution >= 0.6 is 0 Å². The predicted octanol–water partition coefficient (Wildman–Crippen LogP) is 7.73. The second-order valence-corrected chi connectivity index (χ2v) is 11.6. The molecule has 2 aliphatic heterocycles. The Morgan fingerprint density at radius 3 is 2.54 bits per heavy atom. The van der Waals surface area contributed by atoms with E-state index >= 15 is 0 Å². The number of carbonyl (C=O) groups excluding carboxylic acids is 1. The largest absolute Gasteiger partial charge is 0.465 e. The van der Waals surface area contributed by atoms with Gasteiger partial charge in [0.1, 0.15) is 6.54 Å². The maximum absolute atomic E-state index is 13.8. The zero-order valence-corrected chi connectivity index (χ0v) is 25.4. The van der Waals surface area contributed by atoms with E-state index in [2.05, 4.69) is 15.2 Å². The molecule has 48 heavy (non-hydrogen) atoms. The number of fused-ring (bicyclic) bond motifs is 4. The minimum absolute atomic E-state index is 0.0527. The fraction of sp³-hybridized carbons (Fsp3) is 0.200. The van der Waals surface area contributed by atoms with Crippen molar-refractivity contribution in [1.29, 1.82) is 0 Å². The van der Waals surface area contributed by atoms with Gasteiger partial charge < -0.3 is 19.7 Å². The summed E-state index contributed by atoms with van der Waals surface area (Å²) in [7, 11) is 0. The zero-order valence-electron chi connectivity index (χ0n) is 25.4. The van der Waals surface area contributed by atoms with Crippen LogP contribution in [-0.4, -0.2) is 51.2 Å². The standard InChI is InChI=1S/C35H29F3N6O4/c36-35(37,38)25-10-4-8-23(16-25)28-12-13-29-32(41-28)44(27-14-15-42(29)20-27)33(45)40-26-11-5-9-24(17-26)30-18-39-31(48-30)21-43(34(46)47)19-22-6-2-1-3-7-22/h1-13,16-18,27H,14-15,19-21H2,(H,40,45)(H,46,47)/t27-/m0/s1. The molecule has 0 saturated carbocycles. The van der Waals surface area contributed by atoms with Crippen molar-refractivity contribution in [2.24, 2.45) is 0 Å². The number of nitrogens with one attached hydrogen (secondary N) is 1. The molecule has 0 unspecified atom stereocenters. The van der Waals surface area contributed by atoms with Gasteiger partial charge in [0.15, 0.2) is 11.6 Å². The molecule has 13 heteroatoms. The summed E-state index contributed by atoms with van der Waals surface area (Å²) in [4.78, 5) is 39.6. The molecule has 2 aromatic heterocycles. The number of pyridine rings is 1. The molecule has 0 radical (unpaired) electrons. The summed E-state index contributed by atoms with van der Waals surface area (Å²) in [6, 6.07) is 24.0. The van der Waals surface area contributed by atoms with Crippen molar-refractivity contribution in [3.05, 3.63) is 114 Å². The third-order valence-electron chi connectivity index (χ3n) is 8.42. The third-order valence-corrected chi connectivity index (χ3v) is 8.42. The van der Waals surface area contributed by atoms with Crippen molar-refractivity contribution in [3.8, 4) is 22.6 Å². The molecule has 7 rings (SSSR count). The Bertz CT molecular complexity index is 1980. The number of oxazole rings is 1. The second-order valence-electron chi connectivity index (χ2n) is 11.6. The molecule has 1 fully saturated rings. The highest BCUT2D eigenvalue weighted by molar-refractivity contribution is 6.05. The summed E-state index contributed by atoms with van der Waals surface area (Å²) in [5.74, 6) is 0.995. The number of hydrogen-bond acceptors (Lipinski definition) is 6. The molecule has 3 amide bonds. The van der Waals surface area contributed by atoms with Crippen molar-refractivity contribution < 1.29 is 32.3 Å². The van der Waals surface area contributed by atoms with E-state index in [1.165, 1.54) is 17.2 Å². The van der Waals surface area contributed by atoms with Gasteiger partial charge in [-0.3, -0.25) is 9.80 Å². The smallest absolute Gasteiger partial charge is 0.416 e. The van der Waals surface area contributed by atoms with E-state index in [9.17, 15) is 27.9 Å². The molecule has 5 aromatic rings. The van der Waals surface area contributed by atoms with Crippen molar-refractivity contribution in [3.63, 3.8) is 0 Å². The Morgan fingerprint density at radius 2 is 1.75 bits per heavy atom. The van der Waals surface area contributed by atoms with Gasteiger partial charge in [0.2, 0.25) is 5.89 Å². The van der Waals surface area contributed by atoms with Crippen LogP contribution in [0.2, 0.25) is 0 Å². The van der Waals surface area contributed by atoms with Crippen LogP contribution in [0.15, 0.2) is 102 Å². The van der Waals surface area contributed by atoms with Crippen LogP contribution in [-0.2, 0) is 19.3 Å². The van der Waals surface area contributed by atoms with Crippen LogP contribution in [0.25, 0.3) is 22.6 Å². The number of hydrogen-bond donors (Lipinski definition) is 2. The van der Waals surface area contributed by atoms with Gasteiger partial charge in [-0.2, -0.15) is 13.2 Å². The van der Waals surface area contributed by atoms with E-state index in [0.29, 0.717) is 47.1 Å². The lowest BCUT2D eigenvalue weighted by Crippen LogP contribution is -2.48. The maximum Gasteiger partial charge on any atom is 0.416 e. The van der Waals surface area contributed by atoms with Crippen LogP contribution in [0.5, 0.6) is 0 Å². The summed E-state index contributed by atoms with van der Waals surface area (Å²) in [5.41, 5.74) is 2.51. The monoisotopic (exact) mass is 654 g/mol. The molecule has 2 bridgehead atoms. The SMILES string of the molecule is O=C(O)N(Cc1ccccc1)Cc1ncc(-c2cccc(NC(=O)N3c4nc(-c5cccc(C(F)(F)F)c5)ccc4N4CC[C@H]3C4)c2)o1. The van der Waals surface area contributed by atoms with Crippen molar-refractivity contribution in [2.45, 2.75) is 31.7 Å². The zero-order chi connectivity index (χ0) is 33.4. The molecule has 2 N–H and O–H groups in total. The highest BCUT2D eigenvalue weighted by Crippen LogP contribution is 2.41. The normalized spacial score (nSPS) is 15.3. The van der Waals surface area contributed by atoms with Gasteiger partial charge in [-0.15, -0.1) is 0 Å². The van der Waals surface area contributed by atoms with E-state index in [4.69, 9.17) is 9.40 Å². The van der Waals surface area contributed by atoms with Crippen molar-refractivity contribution in [1.82, 2.24) is 14.9 Å². The molecule has 1 saturated heterocycles. The van der Waals surface area contributed by atoms with Gasteiger partial charge in [-0.1, -0.05) is 54.6 Å². The minimum Gasteiger partial charge on any atom is -0.465 e. The van der Waals surface area contributed by atoms with Gasteiger partial charge in [0.05, 0.1) is 29.2 Å². The number of halogens is 3. The van der Waals surface area contributed by atoms with E-state index in [-0.39, 0.29) is 25.0 Å². The Hall–Kier alpha value is -5.85. The van der Waals surface area contributed by atoms with Crippen LogP contribution in [0, 0.1) is 0 Å². The quantitative estimate of drug-likeness (QED) is 0.185. The summed E-state index contributed by atoms with van der Waals surface area (Å²) in [6.45, 7) is 1.45. The molecule has 4 heterocycles. The van der Waals surface area contributed by atoms with Crippen LogP contribution in [0.1, 0.15) is 23.4 Å². The second kappa shape index (κ2) is 12.4. The number of rotatable bonds is 7. The Balaban J connectivity index is 1.10. The van der Waals surface area contributed by atoms with E-state index < -0.39 is 23.9 Å². The highest BCUT2D eigenvalue weighted by atomic mass is 19.4. The predicted molar refractivity (Wildman–Crippen MR) is 172 cm³/mol. The molecule has 0 aliphatic carbocycles. The molecule has 1 atom stereocenters. The van der Waals surface area contributed by atoms with E-state index in [1.54, 1.807) is 47.4 Å². The minimum atomic E-state index is -4.50. The first-order valence-electron chi connectivity index (χ1n) is 15.2. The number of benzene rings is 3. The summed E-state index contributed by atoms with van der Waals surface area (Å²) in [5, 5.41) is 12.7.